The van der Waals surface area contributed by atoms with Crippen molar-refractivity contribution in [3.8, 4) is 11.1 Å². The number of benzene rings is 7. The van der Waals surface area contributed by atoms with Gasteiger partial charge < -0.3 is 9.38 Å². The summed E-state index contributed by atoms with van der Waals surface area (Å²) in [6.07, 6.45) is 19.6. The van der Waals surface area contributed by atoms with Crippen molar-refractivity contribution in [3.63, 3.8) is 0 Å². The van der Waals surface area contributed by atoms with Crippen LogP contribution in [0.25, 0.3) is 63.9 Å². The second-order valence-electron chi connectivity index (χ2n) is 28.0. The van der Waals surface area contributed by atoms with Crippen LogP contribution in [0.4, 0.5) is 17.1 Å². The first-order valence-corrected chi connectivity index (χ1v) is 29.8. The van der Waals surface area contributed by atoms with Crippen molar-refractivity contribution in [1.29, 1.82) is 0 Å². The van der Waals surface area contributed by atoms with Gasteiger partial charge in [0.1, 0.15) is 0 Å². The topological polar surface area (TPSA) is 8.17 Å². The van der Waals surface area contributed by atoms with Crippen LogP contribution in [0.5, 0.6) is 0 Å². The fourth-order valence-electron chi connectivity index (χ4n) is 20.3. The molecule has 9 aromatic rings. The van der Waals surface area contributed by atoms with Crippen molar-refractivity contribution < 1.29 is 0 Å². The van der Waals surface area contributed by atoms with E-state index in [0.29, 0.717) is 5.41 Å². The Morgan fingerprint density at radius 2 is 1.14 bits per heavy atom. The lowest BCUT2D eigenvalue weighted by molar-refractivity contribution is -0.00527. The molecule has 0 spiro atoms. The number of fused-ring (bicyclic) bond motifs is 14. The largest absolute Gasteiger partial charge is 0.375 e. The van der Waals surface area contributed by atoms with Gasteiger partial charge >= 0.3 is 6.85 Å². The van der Waals surface area contributed by atoms with Crippen molar-refractivity contribution >= 4 is 98.9 Å². The molecule has 4 heteroatoms. The molecule has 0 atom stereocenters. The zero-order chi connectivity index (χ0) is 48.2. The third kappa shape index (κ3) is 5.38. The number of thiophene rings is 1. The molecule has 73 heavy (non-hydrogen) atoms. The van der Waals surface area contributed by atoms with Crippen molar-refractivity contribution in [2.45, 2.75) is 146 Å². The average molecular weight is 967 g/mol. The van der Waals surface area contributed by atoms with E-state index in [2.05, 4.69) is 165 Å². The monoisotopic (exact) mass is 967 g/mol. The summed E-state index contributed by atoms with van der Waals surface area (Å²) >= 11 is 2.06. The lowest BCUT2D eigenvalue weighted by Crippen LogP contribution is -2.57. The quantitative estimate of drug-likeness (QED) is 0.160. The smallest absolute Gasteiger partial charge is 0.333 e. The molecule has 7 aromatic carbocycles. The third-order valence-corrected chi connectivity index (χ3v) is 24.0. The predicted octanol–water partition coefficient (Wildman–Crippen LogP) is 17.3. The van der Waals surface area contributed by atoms with Crippen LogP contribution in [0.2, 0.25) is 0 Å². The Kier molecular flexibility index (Phi) is 7.90. The summed E-state index contributed by atoms with van der Waals surface area (Å²) in [4.78, 5) is 2.81. The molecule has 9 aliphatic carbocycles. The molecule has 0 unspecified atom stereocenters. The summed E-state index contributed by atoms with van der Waals surface area (Å²) in [5.74, 6) is 5.43. The minimum absolute atomic E-state index is 0.0204. The summed E-state index contributed by atoms with van der Waals surface area (Å²) in [7, 11) is 0. The molecule has 2 aliphatic heterocycles. The first-order chi connectivity index (χ1) is 35.4. The van der Waals surface area contributed by atoms with E-state index in [0.717, 1.165) is 35.5 Å². The van der Waals surface area contributed by atoms with E-state index in [9.17, 15) is 0 Å². The van der Waals surface area contributed by atoms with Gasteiger partial charge in [-0.25, -0.2) is 0 Å². The van der Waals surface area contributed by atoms with Gasteiger partial charge in [0, 0.05) is 69.9 Å². The fourth-order valence-corrected chi connectivity index (χ4v) is 21.5. The fraction of sp³-hybridized carbons (Fsp3) is 0.420. The minimum Gasteiger partial charge on any atom is -0.375 e. The molecule has 8 bridgehead atoms. The standard InChI is InChI=1S/C69H67BN2S/c1-38-20-54-55(67(4,5)19-18-66(54,2)3)31-58(38)71-59-30-52-49-12-8-9-13-60(49)73-65(52)61-53-29-47(69-35-42-24-43(36-69)26-44(25-42)37-69)28-51-50-27-46(68-32-39-21-40(33-68)23-41(22-39)34-68)15-17-57(50)72(63(51)53)70(62(59)61)56-16-14-45-10-6-7-11-48(45)64(56)71/h6-17,20,27-31,39-44H,18-19,21-26,32-37H2,1-5H3. The van der Waals surface area contributed by atoms with Gasteiger partial charge in [-0.2, -0.15) is 0 Å². The van der Waals surface area contributed by atoms with Gasteiger partial charge in [-0.15, -0.1) is 11.3 Å². The Hall–Kier alpha value is -5.32. The third-order valence-electron chi connectivity index (χ3n) is 22.8. The maximum Gasteiger partial charge on any atom is 0.333 e. The summed E-state index contributed by atoms with van der Waals surface area (Å²) in [5, 5.41) is 8.54. The van der Waals surface area contributed by atoms with Crippen molar-refractivity contribution in [3.05, 3.63) is 137 Å². The average Bonchev–Trinajstić information content (AvgIpc) is 3.91. The van der Waals surface area contributed by atoms with Gasteiger partial charge in [0.15, 0.2) is 0 Å². The van der Waals surface area contributed by atoms with E-state index in [1.54, 1.807) is 16.7 Å². The van der Waals surface area contributed by atoms with Crippen LogP contribution in [0.15, 0.2) is 109 Å². The molecular weight excluding hydrogens is 900 g/mol. The molecule has 0 amide bonds. The van der Waals surface area contributed by atoms with E-state index in [-0.39, 0.29) is 23.1 Å². The number of anilines is 3. The lowest BCUT2D eigenvalue weighted by atomic mass is 9.44. The number of rotatable bonds is 3. The highest BCUT2D eigenvalue weighted by Gasteiger charge is 2.54. The number of aryl methyl sites for hydroxylation is 1. The first-order valence-electron chi connectivity index (χ1n) is 29.0. The highest BCUT2D eigenvalue weighted by atomic mass is 32.1. The maximum absolute atomic E-state index is 2.92. The number of aromatic nitrogens is 1. The summed E-state index contributed by atoms with van der Waals surface area (Å²) in [6, 6.07) is 45.5. The van der Waals surface area contributed by atoms with Crippen LogP contribution in [-0.4, -0.2) is 11.3 Å². The van der Waals surface area contributed by atoms with Crippen LogP contribution < -0.4 is 15.8 Å². The van der Waals surface area contributed by atoms with Gasteiger partial charge in [-0.1, -0.05) is 94.4 Å². The molecule has 2 nitrogen and oxygen atoms in total. The van der Waals surface area contributed by atoms with Gasteiger partial charge in [0.2, 0.25) is 0 Å². The van der Waals surface area contributed by atoms with Crippen molar-refractivity contribution in [2.75, 3.05) is 4.90 Å². The van der Waals surface area contributed by atoms with E-state index in [4.69, 9.17) is 0 Å². The van der Waals surface area contributed by atoms with Crippen molar-refractivity contribution in [1.82, 2.24) is 4.48 Å². The van der Waals surface area contributed by atoms with Crippen LogP contribution in [0, 0.1) is 42.4 Å². The van der Waals surface area contributed by atoms with Crippen LogP contribution in [0.1, 0.15) is 145 Å². The first kappa shape index (κ1) is 42.0. The van der Waals surface area contributed by atoms with Gasteiger partial charge in [0.25, 0.3) is 0 Å². The molecule has 362 valence electrons. The Balaban J connectivity index is 0.994. The van der Waals surface area contributed by atoms with Crippen molar-refractivity contribution in [2.24, 2.45) is 35.5 Å². The SMILES string of the molecule is Cc1cc2c(cc1N1c3cc4c(sc5ccccc54)c4c3B(c3ccc5ccccc5c31)n1c3ccc(C56CC7CC(CC(C7)C5)C6)cc3c3cc(C56CC7CC(CC(C7)C5)C6)cc-4c31)C(C)(C)CCC2(C)C. The Bertz CT molecular complexity index is 3920. The van der Waals surface area contributed by atoms with Gasteiger partial charge in [0.05, 0.1) is 5.69 Å². The molecule has 11 aliphatic rings. The normalized spacial score (nSPS) is 30.3. The van der Waals surface area contributed by atoms with Crippen LogP contribution >= 0.6 is 11.3 Å². The molecule has 0 saturated heterocycles. The number of hydrogen-bond donors (Lipinski definition) is 0. The van der Waals surface area contributed by atoms with Gasteiger partial charge in [-0.05, 0) is 241 Å². The second-order valence-corrected chi connectivity index (χ2v) is 29.0. The Labute approximate surface area is 435 Å². The molecule has 0 N–H and O–H groups in total. The molecule has 4 heterocycles. The molecule has 20 rings (SSSR count). The molecular formula is C69H67BN2S. The van der Waals surface area contributed by atoms with Crippen LogP contribution in [0.3, 0.4) is 0 Å². The van der Waals surface area contributed by atoms with E-state index >= 15 is 0 Å². The van der Waals surface area contributed by atoms with Gasteiger partial charge in [-0.3, -0.25) is 0 Å². The highest BCUT2D eigenvalue weighted by molar-refractivity contribution is 7.26. The Morgan fingerprint density at radius 3 is 1.82 bits per heavy atom. The molecule has 8 saturated carbocycles. The molecule has 2 aromatic heterocycles. The second kappa shape index (κ2) is 13.7. The zero-order valence-corrected chi connectivity index (χ0v) is 44.5. The molecule has 8 fully saturated rings. The summed E-state index contributed by atoms with van der Waals surface area (Å²) < 4.78 is 5.80. The highest BCUT2D eigenvalue weighted by Crippen LogP contribution is 2.64. The van der Waals surface area contributed by atoms with E-state index < -0.39 is 0 Å². The van der Waals surface area contributed by atoms with E-state index in [1.807, 2.05) is 0 Å². The Morgan fingerprint density at radius 1 is 0.534 bits per heavy atom. The zero-order valence-electron chi connectivity index (χ0n) is 43.6. The van der Waals surface area contributed by atoms with E-state index in [1.165, 1.54) is 193 Å². The lowest BCUT2D eigenvalue weighted by Gasteiger charge is -2.57. The number of nitrogens with zero attached hydrogens (tertiary/aromatic N) is 2. The molecule has 0 radical (unpaired) electrons. The number of hydrogen-bond acceptors (Lipinski definition) is 2. The predicted molar refractivity (Wildman–Crippen MR) is 310 cm³/mol. The minimum atomic E-state index is 0.0204. The summed E-state index contributed by atoms with van der Waals surface area (Å²) in [6.45, 7) is 12.4. The maximum atomic E-state index is 2.92. The summed E-state index contributed by atoms with van der Waals surface area (Å²) in [5.41, 5.74) is 21.6. The van der Waals surface area contributed by atoms with Crippen LogP contribution in [-0.2, 0) is 21.7 Å².